The molecule has 4 rings (SSSR count). The van der Waals surface area contributed by atoms with Crippen LogP contribution in [0.15, 0.2) is 47.9 Å². The highest BCUT2D eigenvalue weighted by atomic mass is 32.2. The van der Waals surface area contributed by atoms with E-state index in [1.165, 1.54) is 22.4 Å². The van der Waals surface area contributed by atoms with Gasteiger partial charge in [-0.2, -0.15) is 4.31 Å². The lowest BCUT2D eigenvalue weighted by molar-refractivity contribution is -0.122. The topological polar surface area (TPSA) is 87.5 Å². The SMILES string of the molecule is O=C(Cn1cnc(S(=O)(=O)N2CCCCC2)c1)NC1CCN(Cc2ccccc2)CC1. The summed E-state index contributed by atoms with van der Waals surface area (Å²) in [5.41, 5.74) is 1.31. The van der Waals surface area contributed by atoms with Gasteiger partial charge in [0.25, 0.3) is 10.0 Å². The fraction of sp³-hybridized carbons (Fsp3) is 0.545. The van der Waals surface area contributed by atoms with Crippen LogP contribution in [0.3, 0.4) is 0 Å². The maximum atomic E-state index is 12.7. The fourth-order valence-corrected chi connectivity index (χ4v) is 5.77. The first-order valence-corrected chi connectivity index (χ1v) is 12.5. The number of carbonyl (C=O) groups is 1. The molecule has 168 valence electrons. The second-order valence-electron chi connectivity index (χ2n) is 8.45. The van der Waals surface area contributed by atoms with Gasteiger partial charge in [-0.05, 0) is 31.2 Å². The summed E-state index contributed by atoms with van der Waals surface area (Å²) >= 11 is 0. The Kier molecular flexibility index (Phi) is 7.04. The lowest BCUT2D eigenvalue weighted by atomic mass is 10.0. The molecule has 1 amide bonds. The highest BCUT2D eigenvalue weighted by molar-refractivity contribution is 7.89. The van der Waals surface area contributed by atoms with E-state index < -0.39 is 10.0 Å². The zero-order valence-electron chi connectivity index (χ0n) is 17.8. The number of imidazole rings is 1. The Morgan fingerprint density at radius 1 is 1.03 bits per heavy atom. The average molecular weight is 446 g/mol. The molecule has 0 saturated carbocycles. The molecule has 2 aliphatic rings. The lowest BCUT2D eigenvalue weighted by Gasteiger charge is -2.32. The summed E-state index contributed by atoms with van der Waals surface area (Å²) < 4.78 is 28.5. The second-order valence-corrected chi connectivity index (χ2v) is 10.3. The molecule has 1 aromatic heterocycles. The van der Waals surface area contributed by atoms with E-state index in [4.69, 9.17) is 0 Å². The average Bonchev–Trinajstić information content (AvgIpc) is 3.26. The Balaban J connectivity index is 1.24. The molecule has 31 heavy (non-hydrogen) atoms. The standard InChI is InChI=1S/C22H31N5O3S/c28-21(24-20-9-13-25(14-10-20)15-19-7-3-1-4-8-19)16-26-17-22(23-18-26)31(29,30)27-11-5-2-6-12-27/h1,3-4,7-8,17-18,20H,2,5-6,9-16H2,(H,24,28). The smallest absolute Gasteiger partial charge is 0.262 e. The third-order valence-corrected chi connectivity index (χ3v) is 7.84. The van der Waals surface area contributed by atoms with Crippen LogP contribution in [0.1, 0.15) is 37.7 Å². The first-order chi connectivity index (χ1) is 15.0. The summed E-state index contributed by atoms with van der Waals surface area (Å²) in [5, 5.41) is 3.11. The molecule has 9 heteroatoms. The molecule has 2 aliphatic heterocycles. The molecule has 1 N–H and O–H groups in total. The van der Waals surface area contributed by atoms with Crippen LogP contribution >= 0.6 is 0 Å². The van der Waals surface area contributed by atoms with Gasteiger partial charge in [0, 0.05) is 45.0 Å². The highest BCUT2D eigenvalue weighted by Gasteiger charge is 2.28. The van der Waals surface area contributed by atoms with E-state index in [1.54, 1.807) is 4.57 Å². The molecule has 1 aromatic carbocycles. The molecule has 2 aromatic rings. The number of nitrogens with zero attached hydrogens (tertiary/aromatic N) is 4. The van der Waals surface area contributed by atoms with Crippen molar-refractivity contribution in [2.75, 3.05) is 26.2 Å². The molecule has 3 heterocycles. The van der Waals surface area contributed by atoms with Crippen molar-refractivity contribution in [2.24, 2.45) is 0 Å². The number of benzene rings is 1. The summed E-state index contributed by atoms with van der Waals surface area (Å²) in [6, 6.07) is 10.6. The monoisotopic (exact) mass is 445 g/mol. The third kappa shape index (κ3) is 5.72. The minimum Gasteiger partial charge on any atom is -0.352 e. The Hall–Kier alpha value is -2.23. The highest BCUT2D eigenvalue weighted by Crippen LogP contribution is 2.19. The summed E-state index contributed by atoms with van der Waals surface area (Å²) in [4.78, 5) is 18.9. The lowest BCUT2D eigenvalue weighted by Crippen LogP contribution is -2.45. The minimum atomic E-state index is -3.57. The number of piperidine rings is 2. The summed E-state index contributed by atoms with van der Waals surface area (Å²) in [6.45, 7) is 3.99. The number of amides is 1. The minimum absolute atomic E-state index is 0.0245. The van der Waals surface area contributed by atoms with Crippen LogP contribution in [0.5, 0.6) is 0 Å². The van der Waals surface area contributed by atoms with Crippen molar-refractivity contribution >= 4 is 15.9 Å². The summed E-state index contributed by atoms with van der Waals surface area (Å²) in [7, 11) is -3.57. The van der Waals surface area contributed by atoms with Gasteiger partial charge < -0.3 is 9.88 Å². The predicted octanol–water partition coefficient (Wildman–Crippen LogP) is 1.84. The molecule has 0 bridgehead atoms. The van der Waals surface area contributed by atoms with Crippen LogP contribution in [0.4, 0.5) is 0 Å². The number of aromatic nitrogens is 2. The van der Waals surface area contributed by atoms with Gasteiger partial charge >= 0.3 is 0 Å². The predicted molar refractivity (Wildman–Crippen MR) is 118 cm³/mol. The van der Waals surface area contributed by atoms with E-state index in [-0.39, 0.29) is 23.5 Å². The number of likely N-dealkylation sites (tertiary alicyclic amines) is 1. The Bertz CT molecular complexity index is 962. The number of rotatable bonds is 7. The molecule has 0 aliphatic carbocycles. The molecule has 0 atom stereocenters. The molecular formula is C22H31N5O3S. The van der Waals surface area contributed by atoms with E-state index in [0.717, 1.165) is 51.7 Å². The third-order valence-electron chi connectivity index (χ3n) is 6.06. The zero-order valence-corrected chi connectivity index (χ0v) is 18.6. The molecular weight excluding hydrogens is 414 g/mol. The second kappa shape index (κ2) is 9.93. The van der Waals surface area contributed by atoms with Gasteiger partial charge in [0.15, 0.2) is 5.03 Å². The number of sulfonamides is 1. The van der Waals surface area contributed by atoms with E-state index in [2.05, 4.69) is 39.5 Å². The van der Waals surface area contributed by atoms with Gasteiger partial charge in [-0.1, -0.05) is 36.8 Å². The summed E-state index contributed by atoms with van der Waals surface area (Å²) in [6.07, 6.45) is 7.55. The molecule has 2 saturated heterocycles. The van der Waals surface area contributed by atoms with Gasteiger partial charge in [-0.15, -0.1) is 0 Å². The number of hydrogen-bond acceptors (Lipinski definition) is 5. The number of hydrogen-bond donors (Lipinski definition) is 1. The Morgan fingerprint density at radius 3 is 2.45 bits per heavy atom. The van der Waals surface area contributed by atoms with Crippen LogP contribution < -0.4 is 5.32 Å². The van der Waals surface area contributed by atoms with Gasteiger partial charge in [0.05, 0.1) is 6.33 Å². The normalized spacial score (nSPS) is 19.4. The van der Waals surface area contributed by atoms with Crippen molar-refractivity contribution in [3.05, 3.63) is 48.4 Å². The molecule has 2 fully saturated rings. The van der Waals surface area contributed by atoms with Crippen molar-refractivity contribution in [1.29, 1.82) is 0 Å². The van der Waals surface area contributed by atoms with Crippen LogP contribution in [0, 0.1) is 0 Å². The van der Waals surface area contributed by atoms with E-state index >= 15 is 0 Å². The summed E-state index contributed by atoms with van der Waals surface area (Å²) in [5.74, 6) is -0.110. The van der Waals surface area contributed by atoms with Crippen molar-refractivity contribution < 1.29 is 13.2 Å². The molecule has 0 radical (unpaired) electrons. The van der Waals surface area contributed by atoms with Crippen LogP contribution in [-0.4, -0.2) is 65.3 Å². The quantitative estimate of drug-likeness (QED) is 0.703. The Morgan fingerprint density at radius 2 is 1.74 bits per heavy atom. The van der Waals surface area contributed by atoms with Crippen molar-refractivity contribution in [1.82, 2.24) is 24.1 Å². The van der Waals surface area contributed by atoms with Crippen molar-refractivity contribution in [3.8, 4) is 0 Å². The Labute approximate surface area is 184 Å². The van der Waals surface area contributed by atoms with Crippen LogP contribution in [-0.2, 0) is 27.9 Å². The van der Waals surface area contributed by atoms with Gasteiger partial charge in [0.2, 0.25) is 5.91 Å². The van der Waals surface area contributed by atoms with E-state index in [0.29, 0.717) is 13.1 Å². The van der Waals surface area contributed by atoms with Crippen LogP contribution in [0.2, 0.25) is 0 Å². The maximum absolute atomic E-state index is 12.7. The number of carbonyl (C=O) groups excluding carboxylic acids is 1. The van der Waals surface area contributed by atoms with Gasteiger partial charge in [0.1, 0.15) is 6.54 Å². The first kappa shape index (κ1) is 22.0. The van der Waals surface area contributed by atoms with E-state index in [9.17, 15) is 13.2 Å². The number of nitrogens with one attached hydrogen (secondary N) is 1. The molecule has 0 spiro atoms. The van der Waals surface area contributed by atoms with Crippen LogP contribution in [0.25, 0.3) is 0 Å². The first-order valence-electron chi connectivity index (χ1n) is 11.1. The maximum Gasteiger partial charge on any atom is 0.262 e. The van der Waals surface area contributed by atoms with Crippen molar-refractivity contribution in [2.45, 2.75) is 56.3 Å². The largest absolute Gasteiger partial charge is 0.352 e. The zero-order chi connectivity index (χ0) is 21.7. The van der Waals surface area contributed by atoms with Gasteiger partial charge in [-0.3, -0.25) is 9.69 Å². The molecule has 8 nitrogen and oxygen atoms in total. The van der Waals surface area contributed by atoms with Crippen molar-refractivity contribution in [3.63, 3.8) is 0 Å². The van der Waals surface area contributed by atoms with Gasteiger partial charge in [-0.25, -0.2) is 13.4 Å². The molecule has 0 unspecified atom stereocenters. The van der Waals surface area contributed by atoms with E-state index in [1.807, 2.05) is 6.07 Å². The fourth-order valence-electron chi connectivity index (χ4n) is 4.31.